The molecule has 0 saturated carbocycles. The van der Waals surface area contributed by atoms with Crippen LogP contribution in [0.25, 0.3) is 0 Å². The Kier molecular flexibility index (Phi) is 1.83. The zero-order valence-corrected chi connectivity index (χ0v) is 7.92. The zero-order valence-electron chi connectivity index (χ0n) is 7.92. The Morgan fingerprint density at radius 1 is 1.46 bits per heavy atom. The molecule has 0 unspecified atom stereocenters. The van der Waals surface area contributed by atoms with E-state index in [4.69, 9.17) is 0 Å². The van der Waals surface area contributed by atoms with Crippen molar-refractivity contribution in [1.82, 2.24) is 0 Å². The molecular formula is C11H12NO. The van der Waals surface area contributed by atoms with Crippen molar-refractivity contribution >= 4 is 11.6 Å². The van der Waals surface area contributed by atoms with Crippen molar-refractivity contribution in [2.24, 2.45) is 0 Å². The van der Waals surface area contributed by atoms with Crippen LogP contribution in [0.2, 0.25) is 0 Å². The van der Waals surface area contributed by atoms with E-state index >= 15 is 0 Å². The van der Waals surface area contributed by atoms with Crippen molar-refractivity contribution in [3.05, 3.63) is 29.3 Å². The fourth-order valence-corrected chi connectivity index (χ4v) is 1.71. The monoisotopic (exact) mass is 174 g/mol. The Morgan fingerprint density at radius 2 is 2.23 bits per heavy atom. The molecule has 0 fully saturated rings. The van der Waals surface area contributed by atoms with Crippen molar-refractivity contribution in [3.63, 3.8) is 0 Å². The summed E-state index contributed by atoms with van der Waals surface area (Å²) in [5, 5.41) is 0. The van der Waals surface area contributed by atoms with Crippen LogP contribution in [0.1, 0.15) is 17.5 Å². The van der Waals surface area contributed by atoms with Crippen LogP contribution in [-0.4, -0.2) is 13.0 Å². The van der Waals surface area contributed by atoms with Crippen molar-refractivity contribution < 1.29 is 4.79 Å². The van der Waals surface area contributed by atoms with Crippen molar-refractivity contribution in [3.8, 4) is 0 Å². The van der Waals surface area contributed by atoms with E-state index in [9.17, 15) is 4.79 Å². The van der Waals surface area contributed by atoms with E-state index in [1.54, 1.807) is 4.90 Å². The molecule has 1 amide bonds. The van der Waals surface area contributed by atoms with E-state index in [2.05, 4.69) is 12.1 Å². The summed E-state index contributed by atoms with van der Waals surface area (Å²) in [4.78, 5) is 13.1. The standard InChI is InChI=1S/C11H12NO/c1-8-3-5-10-9(7-8)4-6-11(13)12(10)2/h5,7H,4,6H2,1-2H3. The average Bonchev–Trinajstić information content (AvgIpc) is 2.12. The fourth-order valence-electron chi connectivity index (χ4n) is 1.71. The van der Waals surface area contributed by atoms with Gasteiger partial charge in [0.05, 0.1) is 0 Å². The number of hydrogen-bond acceptors (Lipinski definition) is 1. The highest BCUT2D eigenvalue weighted by Crippen LogP contribution is 2.26. The SMILES string of the molecule is Cc1[c]cc2c(c1)CCC(=O)N2C. The Hall–Kier alpha value is -1.31. The van der Waals surface area contributed by atoms with Gasteiger partial charge in [-0.05, 0) is 36.6 Å². The van der Waals surface area contributed by atoms with E-state index < -0.39 is 0 Å². The first-order chi connectivity index (χ1) is 6.18. The lowest BCUT2D eigenvalue weighted by Crippen LogP contribution is -2.31. The van der Waals surface area contributed by atoms with E-state index in [1.165, 1.54) is 5.56 Å². The summed E-state index contributed by atoms with van der Waals surface area (Å²) in [6.07, 6.45) is 1.50. The second kappa shape index (κ2) is 2.87. The molecule has 1 aliphatic rings. The quantitative estimate of drug-likeness (QED) is 0.586. The number of anilines is 1. The fraction of sp³-hybridized carbons (Fsp3) is 0.364. The summed E-state index contributed by atoms with van der Waals surface area (Å²) in [5.41, 5.74) is 3.42. The number of benzene rings is 1. The summed E-state index contributed by atoms with van der Waals surface area (Å²) in [6.45, 7) is 2.02. The topological polar surface area (TPSA) is 20.3 Å². The van der Waals surface area contributed by atoms with Crippen LogP contribution in [0, 0.1) is 13.0 Å². The number of rotatable bonds is 0. The third-order valence-corrected chi connectivity index (χ3v) is 2.50. The third kappa shape index (κ3) is 1.32. The molecular weight excluding hydrogens is 162 g/mol. The summed E-state index contributed by atoms with van der Waals surface area (Å²) in [5.74, 6) is 0.199. The Bertz CT molecular complexity index is 357. The van der Waals surface area contributed by atoms with E-state index in [1.807, 2.05) is 20.0 Å². The maximum atomic E-state index is 11.4. The zero-order chi connectivity index (χ0) is 9.42. The van der Waals surface area contributed by atoms with Gasteiger partial charge in [-0.25, -0.2) is 0 Å². The Morgan fingerprint density at radius 3 is 3.00 bits per heavy atom. The van der Waals surface area contributed by atoms with E-state index in [0.717, 1.165) is 17.7 Å². The van der Waals surface area contributed by atoms with Gasteiger partial charge < -0.3 is 4.90 Å². The average molecular weight is 174 g/mol. The first-order valence-corrected chi connectivity index (χ1v) is 4.46. The van der Waals surface area contributed by atoms with Crippen LogP contribution in [-0.2, 0) is 11.2 Å². The third-order valence-electron chi connectivity index (χ3n) is 2.50. The normalized spacial score (nSPS) is 15.8. The highest BCUT2D eigenvalue weighted by atomic mass is 16.2. The second-order valence-corrected chi connectivity index (χ2v) is 3.48. The van der Waals surface area contributed by atoms with Crippen LogP contribution >= 0.6 is 0 Å². The van der Waals surface area contributed by atoms with Gasteiger partial charge in [0.15, 0.2) is 0 Å². The molecule has 2 heteroatoms. The predicted octanol–water partition coefficient (Wildman–Crippen LogP) is 1.70. The van der Waals surface area contributed by atoms with Crippen LogP contribution < -0.4 is 4.90 Å². The smallest absolute Gasteiger partial charge is 0.227 e. The summed E-state index contributed by atoms with van der Waals surface area (Å²) in [7, 11) is 1.82. The van der Waals surface area contributed by atoms with Gasteiger partial charge in [0.1, 0.15) is 0 Å². The minimum atomic E-state index is 0.199. The molecule has 0 aromatic heterocycles. The summed E-state index contributed by atoms with van der Waals surface area (Å²) < 4.78 is 0. The molecule has 1 aromatic rings. The molecule has 1 aromatic carbocycles. The molecule has 0 saturated heterocycles. The van der Waals surface area contributed by atoms with Gasteiger partial charge in [-0.15, -0.1) is 0 Å². The van der Waals surface area contributed by atoms with Crippen molar-refractivity contribution in [2.75, 3.05) is 11.9 Å². The predicted molar refractivity (Wildman–Crippen MR) is 51.7 cm³/mol. The number of nitrogens with zero attached hydrogens (tertiary/aromatic N) is 1. The molecule has 0 spiro atoms. The Balaban J connectivity index is 2.49. The van der Waals surface area contributed by atoms with Gasteiger partial charge in [-0.2, -0.15) is 0 Å². The number of hydrogen-bond donors (Lipinski definition) is 0. The van der Waals surface area contributed by atoms with Gasteiger partial charge >= 0.3 is 0 Å². The lowest BCUT2D eigenvalue weighted by molar-refractivity contribution is -0.118. The summed E-state index contributed by atoms with van der Waals surface area (Å²) >= 11 is 0. The maximum absolute atomic E-state index is 11.4. The van der Waals surface area contributed by atoms with Crippen molar-refractivity contribution in [1.29, 1.82) is 0 Å². The molecule has 1 radical (unpaired) electrons. The van der Waals surface area contributed by atoms with Gasteiger partial charge in [-0.1, -0.05) is 6.07 Å². The Labute approximate surface area is 78.2 Å². The minimum absolute atomic E-state index is 0.199. The molecule has 0 atom stereocenters. The van der Waals surface area contributed by atoms with Gasteiger partial charge in [-0.3, -0.25) is 4.79 Å². The van der Waals surface area contributed by atoms with Crippen LogP contribution in [0.3, 0.4) is 0 Å². The van der Waals surface area contributed by atoms with Gasteiger partial charge in [0.2, 0.25) is 5.91 Å². The van der Waals surface area contributed by atoms with Crippen LogP contribution in [0.5, 0.6) is 0 Å². The number of amides is 1. The molecule has 2 rings (SSSR count). The maximum Gasteiger partial charge on any atom is 0.227 e. The lowest BCUT2D eigenvalue weighted by atomic mass is 10.00. The lowest BCUT2D eigenvalue weighted by Gasteiger charge is -2.25. The van der Waals surface area contributed by atoms with Crippen molar-refractivity contribution in [2.45, 2.75) is 19.8 Å². The molecule has 1 heterocycles. The molecule has 0 bridgehead atoms. The highest BCUT2D eigenvalue weighted by molar-refractivity contribution is 5.95. The first kappa shape index (κ1) is 8.30. The molecule has 13 heavy (non-hydrogen) atoms. The molecule has 0 aliphatic carbocycles. The minimum Gasteiger partial charge on any atom is -0.315 e. The molecule has 1 aliphatic heterocycles. The number of carbonyl (C=O) groups is 1. The highest BCUT2D eigenvalue weighted by Gasteiger charge is 2.20. The first-order valence-electron chi connectivity index (χ1n) is 4.46. The molecule has 0 N–H and O–H groups in total. The van der Waals surface area contributed by atoms with E-state index in [-0.39, 0.29) is 5.91 Å². The molecule has 2 nitrogen and oxygen atoms in total. The van der Waals surface area contributed by atoms with Crippen LogP contribution in [0.4, 0.5) is 5.69 Å². The number of carbonyl (C=O) groups excluding carboxylic acids is 1. The number of aryl methyl sites for hydroxylation is 2. The second-order valence-electron chi connectivity index (χ2n) is 3.48. The van der Waals surface area contributed by atoms with Crippen LogP contribution in [0.15, 0.2) is 12.1 Å². The summed E-state index contributed by atoms with van der Waals surface area (Å²) in [6, 6.07) is 7.13. The largest absolute Gasteiger partial charge is 0.315 e. The van der Waals surface area contributed by atoms with E-state index in [0.29, 0.717) is 6.42 Å². The number of fused-ring (bicyclic) bond motifs is 1. The van der Waals surface area contributed by atoms with Gasteiger partial charge in [0.25, 0.3) is 0 Å². The van der Waals surface area contributed by atoms with Gasteiger partial charge in [0, 0.05) is 19.2 Å². The molecule has 67 valence electrons.